The van der Waals surface area contributed by atoms with Crippen molar-refractivity contribution < 1.29 is 66.9 Å². The number of nitrogens with zero attached hydrogens (tertiary/aromatic N) is 4. The predicted molar refractivity (Wildman–Crippen MR) is 389 cm³/mol. The van der Waals surface area contributed by atoms with Crippen molar-refractivity contribution in [3.63, 3.8) is 0 Å². The number of hydrogen-bond donors (Lipinski definition) is 0. The number of methoxy groups -OCH3 is 2. The predicted octanol–water partition coefficient (Wildman–Crippen LogP) is 22.2. The van der Waals surface area contributed by atoms with E-state index < -0.39 is 22.3 Å². The molecule has 1 aliphatic heterocycles. The number of aryl methyl sites for hydroxylation is 6. The molecule has 13 rings (SSSR count). The first-order valence-corrected chi connectivity index (χ1v) is 34.8. The minimum atomic E-state index is -4.72. The molecule has 0 unspecified atom stereocenters. The topological polar surface area (TPSA) is 113 Å². The number of sulfonamides is 1. The quantitative estimate of drug-likeness (QED) is 0.0871. The summed E-state index contributed by atoms with van der Waals surface area (Å²) < 4.78 is 161. The highest BCUT2D eigenvalue weighted by molar-refractivity contribution is 9.10. The van der Waals surface area contributed by atoms with Gasteiger partial charge in [-0.05, 0) is 248 Å². The van der Waals surface area contributed by atoms with Gasteiger partial charge in [0.25, 0.3) is 0 Å². The maximum absolute atomic E-state index is 13.5. The van der Waals surface area contributed by atoms with Gasteiger partial charge < -0.3 is 18.9 Å². The summed E-state index contributed by atoms with van der Waals surface area (Å²) in [7, 11) is -0.00651. The van der Waals surface area contributed by atoms with Crippen molar-refractivity contribution in [3.05, 3.63) is 308 Å². The molecule has 12 aromatic rings. The molecule has 1 aliphatic rings. The standard InChI is InChI=1S/C21H16F4O2.C16H16FNO2S.C13H12FNO.C12H9F2N.C11H11NOS.C7H6BrF/c1-14-5-6-17(22)12-20(14)16-4-2-3-15(11-16)13-26-18-7-9-19(10-8-18)27-21(23,24)25;1-12-6-7-14(17)11-16(12)13-4-2-5-15(10-13)18-8-3-9-21(18,19)20;1-9-6-7-10(14)8-11(9)12-4-3-5-13(15-12)16-2;1-8-4-5-9(13)7-11(8)10-3-2-6-15-12(10)14;1-8-9(6-7-14-8)10-4-3-5-11(12-10)13-2;1-5-2-3-6(9)4-7(5)8/h2-12H,13H2,1H3;2,4-7,10-11H,3,8-9H2,1H3;3-8H,1-2H3;2-7H,1H3;3-7H,1-2H3;2-4H,1H3. The van der Waals surface area contributed by atoms with Crippen molar-refractivity contribution in [2.24, 2.45) is 0 Å². The third kappa shape index (κ3) is 22.6. The second-order valence-corrected chi connectivity index (χ2v) is 26.9. The molecule has 102 heavy (non-hydrogen) atoms. The molecule has 0 amide bonds. The maximum Gasteiger partial charge on any atom is 0.573 e. The molecular weight excluding hydrogens is 1430 g/mol. The van der Waals surface area contributed by atoms with Gasteiger partial charge in [-0.2, -0.15) is 4.39 Å². The van der Waals surface area contributed by atoms with Gasteiger partial charge in [-0.3, -0.25) is 4.31 Å². The Kier molecular flexibility index (Phi) is 27.6. The molecule has 22 heteroatoms. The number of rotatable bonds is 12. The summed E-state index contributed by atoms with van der Waals surface area (Å²) in [6.45, 7) is 12.3. The van der Waals surface area contributed by atoms with E-state index in [1.165, 1.54) is 106 Å². The molecule has 0 bridgehead atoms. The number of halogens is 10. The molecule has 1 saturated heterocycles. The lowest BCUT2D eigenvalue weighted by Crippen LogP contribution is -2.24. The highest BCUT2D eigenvalue weighted by atomic mass is 79.9. The summed E-state index contributed by atoms with van der Waals surface area (Å²) in [5, 5.41) is 2.08. The molecule has 0 atom stereocenters. The molecule has 5 heterocycles. The first kappa shape index (κ1) is 77.4. The number of thiophene rings is 1. The summed E-state index contributed by atoms with van der Waals surface area (Å²) in [6, 6.07) is 59.3. The summed E-state index contributed by atoms with van der Waals surface area (Å²) in [5.74, 6) is -0.531. The largest absolute Gasteiger partial charge is 0.573 e. The first-order chi connectivity index (χ1) is 48.7. The van der Waals surface area contributed by atoms with Gasteiger partial charge in [0, 0.05) is 50.9 Å². The van der Waals surface area contributed by atoms with E-state index in [1.807, 2.05) is 100 Å². The zero-order valence-corrected chi connectivity index (χ0v) is 59.8. The van der Waals surface area contributed by atoms with E-state index in [0.717, 1.165) is 77.1 Å². The highest BCUT2D eigenvalue weighted by Crippen LogP contribution is 2.34. The fraction of sp³-hybridized carbons (Fsp3) is 0.163. The number of ether oxygens (including phenoxy) is 4. The molecule has 0 aliphatic carbocycles. The van der Waals surface area contributed by atoms with Crippen LogP contribution in [0.2, 0.25) is 0 Å². The van der Waals surface area contributed by atoms with Crippen LogP contribution >= 0.6 is 27.3 Å². The third-order valence-electron chi connectivity index (χ3n) is 15.5. The number of hydrogen-bond acceptors (Lipinski definition) is 10. The molecule has 528 valence electrons. The number of anilines is 1. The van der Waals surface area contributed by atoms with E-state index >= 15 is 0 Å². The van der Waals surface area contributed by atoms with Crippen LogP contribution in [-0.4, -0.2) is 56.2 Å². The third-order valence-corrected chi connectivity index (χ3v) is 19.1. The zero-order chi connectivity index (χ0) is 73.7. The second kappa shape index (κ2) is 36.4. The number of alkyl halides is 3. The van der Waals surface area contributed by atoms with E-state index in [0.29, 0.717) is 47.3 Å². The zero-order valence-electron chi connectivity index (χ0n) is 56.6. The lowest BCUT2D eigenvalue weighted by atomic mass is 9.99. The Morgan fingerprint density at radius 3 is 1.47 bits per heavy atom. The van der Waals surface area contributed by atoms with Crippen LogP contribution in [0.5, 0.6) is 23.3 Å². The fourth-order valence-corrected chi connectivity index (χ4v) is 12.8. The Balaban J connectivity index is 0.000000160. The summed E-state index contributed by atoms with van der Waals surface area (Å²) in [6.07, 6.45) is -2.71. The van der Waals surface area contributed by atoms with Crippen LogP contribution in [0.15, 0.2) is 234 Å². The van der Waals surface area contributed by atoms with Crippen molar-refractivity contribution >= 4 is 43.0 Å². The van der Waals surface area contributed by atoms with E-state index in [1.54, 1.807) is 87.1 Å². The summed E-state index contributed by atoms with van der Waals surface area (Å²) in [4.78, 5) is 13.5. The molecule has 0 N–H and O–H groups in total. The van der Waals surface area contributed by atoms with Crippen molar-refractivity contribution in [3.8, 4) is 79.2 Å². The van der Waals surface area contributed by atoms with Crippen LogP contribution in [0.1, 0.15) is 44.7 Å². The van der Waals surface area contributed by atoms with Crippen molar-refractivity contribution in [2.75, 3.05) is 30.8 Å². The highest BCUT2D eigenvalue weighted by Gasteiger charge is 2.31. The van der Waals surface area contributed by atoms with Crippen molar-refractivity contribution in [2.45, 2.75) is 60.9 Å². The number of benzene rings is 8. The van der Waals surface area contributed by atoms with Crippen LogP contribution in [0.4, 0.5) is 45.2 Å². The molecule has 1 fully saturated rings. The number of pyridine rings is 3. The molecule has 0 saturated carbocycles. The van der Waals surface area contributed by atoms with Gasteiger partial charge in [0.1, 0.15) is 47.2 Å². The minimum Gasteiger partial charge on any atom is -0.489 e. The molecule has 8 aromatic carbocycles. The van der Waals surface area contributed by atoms with Crippen LogP contribution in [0.25, 0.3) is 55.9 Å². The molecule has 4 aromatic heterocycles. The van der Waals surface area contributed by atoms with Gasteiger partial charge in [-0.15, -0.1) is 24.5 Å². The molecule has 0 spiro atoms. The van der Waals surface area contributed by atoms with E-state index in [2.05, 4.69) is 54.0 Å². The SMILES string of the molecule is COc1cccc(-c2cc(F)ccc2C)n1.COc1cccc(-c2ccsc2C)n1.Cc1ccc(F)cc1-c1cccc(COc2ccc(OC(F)(F)F)cc2)c1.Cc1ccc(F)cc1-c1cccc(N2CCCS2(=O)=O)c1.Cc1ccc(F)cc1-c1cccnc1F.Cc1ccc(F)cc1Br. The van der Waals surface area contributed by atoms with Gasteiger partial charge in [-0.1, -0.05) is 88.7 Å². The van der Waals surface area contributed by atoms with Gasteiger partial charge >= 0.3 is 6.36 Å². The molecular formula is C80H70BrF9N4O6S2. The number of aromatic nitrogens is 3. The van der Waals surface area contributed by atoms with Crippen LogP contribution in [0.3, 0.4) is 0 Å². The van der Waals surface area contributed by atoms with Gasteiger partial charge in [0.2, 0.25) is 27.7 Å². The van der Waals surface area contributed by atoms with Gasteiger partial charge in [0.05, 0.1) is 37.0 Å². The van der Waals surface area contributed by atoms with Gasteiger partial charge in [-0.25, -0.2) is 45.3 Å². The smallest absolute Gasteiger partial charge is 0.489 e. The first-order valence-electron chi connectivity index (χ1n) is 31.5. The monoisotopic (exact) mass is 1500 g/mol. The Hall–Kier alpha value is -10.3. The second-order valence-electron chi connectivity index (χ2n) is 22.9. The molecule has 10 nitrogen and oxygen atoms in total. The van der Waals surface area contributed by atoms with E-state index in [9.17, 15) is 47.9 Å². The van der Waals surface area contributed by atoms with Crippen LogP contribution in [-0.2, 0) is 16.6 Å². The Morgan fingerprint density at radius 1 is 0.490 bits per heavy atom. The lowest BCUT2D eigenvalue weighted by molar-refractivity contribution is -0.274. The minimum absolute atomic E-state index is 0.191. The van der Waals surface area contributed by atoms with E-state index in [4.69, 9.17) is 14.2 Å². The van der Waals surface area contributed by atoms with E-state index in [-0.39, 0.29) is 47.2 Å². The average molecular weight is 1500 g/mol. The van der Waals surface area contributed by atoms with Crippen molar-refractivity contribution in [1.29, 1.82) is 0 Å². The summed E-state index contributed by atoms with van der Waals surface area (Å²) in [5.41, 5.74) is 14.1. The summed E-state index contributed by atoms with van der Waals surface area (Å²) >= 11 is 4.94. The van der Waals surface area contributed by atoms with Gasteiger partial charge in [0.15, 0.2) is 0 Å². The Morgan fingerprint density at radius 2 is 0.971 bits per heavy atom. The normalized spacial score (nSPS) is 11.9. The molecule has 0 radical (unpaired) electrons. The van der Waals surface area contributed by atoms with Crippen LogP contribution in [0, 0.1) is 76.6 Å². The maximum atomic E-state index is 13.5. The van der Waals surface area contributed by atoms with Crippen LogP contribution < -0.4 is 23.3 Å². The average Bonchev–Trinajstić information content (AvgIpc) is 1.53. The lowest BCUT2D eigenvalue weighted by Gasteiger charge is -2.18. The Labute approximate surface area is 599 Å². The van der Waals surface area contributed by atoms with Crippen molar-refractivity contribution in [1.82, 2.24) is 15.0 Å². The fourth-order valence-electron chi connectivity index (χ4n) is 10.2. The Bertz CT molecular complexity index is 4910.